The monoisotopic (exact) mass is 415 g/mol. The number of thiophene rings is 1. The van der Waals surface area contributed by atoms with Crippen LogP contribution in [0.25, 0.3) is 10.2 Å². The lowest BCUT2D eigenvalue weighted by molar-refractivity contribution is -0.126. The molecule has 2 aromatic rings. The van der Waals surface area contributed by atoms with Gasteiger partial charge in [-0.25, -0.2) is 9.97 Å². The second kappa shape index (κ2) is 6.98. The van der Waals surface area contributed by atoms with Crippen molar-refractivity contribution in [1.82, 2.24) is 15.3 Å². The van der Waals surface area contributed by atoms with E-state index in [4.69, 9.17) is 0 Å². The van der Waals surface area contributed by atoms with Crippen LogP contribution in [0.3, 0.4) is 0 Å². The van der Waals surface area contributed by atoms with Gasteiger partial charge >= 0.3 is 0 Å². The van der Waals surface area contributed by atoms with Crippen LogP contribution in [0.4, 0.5) is 0 Å². The van der Waals surface area contributed by atoms with Crippen LogP contribution in [0, 0.1) is 24.7 Å². The molecule has 0 radical (unpaired) electrons. The predicted octanol–water partition coefficient (Wildman–Crippen LogP) is 5.13. The molecule has 150 valence electrons. The molecule has 6 heteroatoms. The molecule has 6 rings (SSSR count). The SMILES string of the molecule is CCc1cc2c(SC(C)C(=O)NC34CC5CC(CC(C5)C3)C4)nc(C)nc2s1. The first-order valence-electron chi connectivity index (χ1n) is 10.7. The number of amides is 1. The molecule has 2 heterocycles. The van der Waals surface area contributed by atoms with E-state index in [2.05, 4.69) is 28.3 Å². The van der Waals surface area contributed by atoms with E-state index in [-0.39, 0.29) is 16.7 Å². The Bertz CT molecular complexity index is 887. The van der Waals surface area contributed by atoms with Crippen LogP contribution in [0.15, 0.2) is 11.1 Å². The van der Waals surface area contributed by atoms with Crippen molar-refractivity contribution >= 4 is 39.2 Å². The highest BCUT2D eigenvalue weighted by atomic mass is 32.2. The molecule has 4 fully saturated rings. The smallest absolute Gasteiger partial charge is 0.233 e. The number of aryl methyl sites for hydroxylation is 2. The van der Waals surface area contributed by atoms with Gasteiger partial charge in [-0.05, 0) is 82.6 Å². The molecular weight excluding hydrogens is 386 g/mol. The van der Waals surface area contributed by atoms with Gasteiger partial charge in [-0.3, -0.25) is 4.79 Å². The molecule has 0 spiro atoms. The molecule has 1 amide bonds. The average Bonchev–Trinajstić information content (AvgIpc) is 3.03. The van der Waals surface area contributed by atoms with Crippen LogP contribution in [-0.2, 0) is 11.2 Å². The van der Waals surface area contributed by atoms with E-state index < -0.39 is 0 Å². The van der Waals surface area contributed by atoms with Crippen molar-refractivity contribution in [1.29, 1.82) is 0 Å². The van der Waals surface area contributed by atoms with E-state index in [0.29, 0.717) is 0 Å². The first-order chi connectivity index (χ1) is 13.4. The van der Waals surface area contributed by atoms with Gasteiger partial charge in [0, 0.05) is 15.8 Å². The van der Waals surface area contributed by atoms with Crippen molar-refractivity contribution in [3.8, 4) is 0 Å². The van der Waals surface area contributed by atoms with E-state index in [1.54, 1.807) is 23.1 Å². The van der Waals surface area contributed by atoms with Crippen molar-refractivity contribution in [2.45, 2.75) is 81.5 Å². The number of carbonyl (C=O) groups is 1. The molecule has 4 nitrogen and oxygen atoms in total. The highest BCUT2D eigenvalue weighted by molar-refractivity contribution is 8.00. The molecule has 0 aromatic carbocycles. The maximum atomic E-state index is 13.1. The number of carbonyl (C=O) groups excluding carboxylic acids is 1. The number of fused-ring (bicyclic) bond motifs is 1. The zero-order valence-corrected chi connectivity index (χ0v) is 18.6. The van der Waals surface area contributed by atoms with Gasteiger partial charge in [0.25, 0.3) is 0 Å². The van der Waals surface area contributed by atoms with E-state index in [1.165, 1.54) is 43.4 Å². The number of aromatic nitrogens is 2. The summed E-state index contributed by atoms with van der Waals surface area (Å²) < 4.78 is 0. The highest BCUT2D eigenvalue weighted by Gasteiger charge is 2.51. The molecule has 4 aliphatic rings. The van der Waals surface area contributed by atoms with Crippen LogP contribution >= 0.6 is 23.1 Å². The van der Waals surface area contributed by atoms with Gasteiger partial charge in [0.1, 0.15) is 15.7 Å². The van der Waals surface area contributed by atoms with Crippen molar-refractivity contribution in [2.75, 3.05) is 0 Å². The van der Waals surface area contributed by atoms with Crippen LogP contribution in [0.5, 0.6) is 0 Å². The number of nitrogens with zero attached hydrogens (tertiary/aromatic N) is 2. The zero-order valence-electron chi connectivity index (χ0n) is 17.0. The molecule has 4 saturated carbocycles. The minimum absolute atomic E-state index is 0.0787. The Kier molecular flexibility index (Phi) is 4.70. The van der Waals surface area contributed by atoms with Gasteiger partial charge in [-0.1, -0.05) is 18.7 Å². The van der Waals surface area contributed by atoms with Crippen LogP contribution in [0.1, 0.15) is 63.1 Å². The maximum Gasteiger partial charge on any atom is 0.233 e. The van der Waals surface area contributed by atoms with E-state index >= 15 is 0 Å². The van der Waals surface area contributed by atoms with Crippen molar-refractivity contribution in [2.24, 2.45) is 17.8 Å². The summed E-state index contributed by atoms with van der Waals surface area (Å²) in [6.45, 7) is 6.13. The standard InChI is InChI=1S/C22H29N3OS2/c1-4-17-8-18-20(23-13(3)24-21(18)28-17)27-12(2)19(26)25-22-9-14-5-15(10-22)7-16(6-14)11-22/h8,12,14-16H,4-7,9-11H2,1-3H3,(H,25,26). The number of thioether (sulfide) groups is 1. The summed E-state index contributed by atoms with van der Waals surface area (Å²) in [5.41, 5.74) is 0.0787. The highest BCUT2D eigenvalue weighted by Crippen LogP contribution is 2.55. The van der Waals surface area contributed by atoms with Crippen molar-refractivity contribution in [3.63, 3.8) is 0 Å². The fourth-order valence-corrected chi connectivity index (χ4v) is 8.20. The summed E-state index contributed by atoms with van der Waals surface area (Å²) in [6.07, 6.45) is 8.79. The summed E-state index contributed by atoms with van der Waals surface area (Å²) in [5, 5.41) is 5.43. The first kappa shape index (κ1) is 18.9. The quantitative estimate of drug-likeness (QED) is 0.543. The second-order valence-electron chi connectivity index (χ2n) is 9.31. The molecule has 1 unspecified atom stereocenters. The Labute approximate surface area is 175 Å². The fourth-order valence-electron chi connectivity index (χ4n) is 6.16. The molecule has 4 bridgehead atoms. The summed E-state index contributed by atoms with van der Waals surface area (Å²) >= 11 is 3.33. The maximum absolute atomic E-state index is 13.1. The van der Waals surface area contributed by atoms with E-state index in [1.807, 2.05) is 13.8 Å². The third kappa shape index (κ3) is 3.36. The Morgan fingerprint density at radius 1 is 1.25 bits per heavy atom. The Hall–Kier alpha value is -1.14. The Morgan fingerprint density at radius 3 is 2.50 bits per heavy atom. The molecular formula is C22H29N3OS2. The number of nitrogens with one attached hydrogen (secondary N) is 1. The topological polar surface area (TPSA) is 54.9 Å². The second-order valence-corrected chi connectivity index (χ2v) is 11.8. The third-order valence-electron chi connectivity index (χ3n) is 6.95. The summed E-state index contributed by atoms with van der Waals surface area (Å²) in [5.74, 6) is 3.50. The van der Waals surface area contributed by atoms with Gasteiger partial charge in [-0.15, -0.1) is 11.3 Å². The average molecular weight is 416 g/mol. The molecule has 28 heavy (non-hydrogen) atoms. The summed E-state index contributed by atoms with van der Waals surface area (Å²) in [4.78, 5) is 24.8. The van der Waals surface area contributed by atoms with Gasteiger partial charge in [0.05, 0.1) is 5.25 Å². The summed E-state index contributed by atoms with van der Waals surface area (Å²) in [7, 11) is 0. The zero-order chi connectivity index (χ0) is 19.5. The molecule has 2 aromatic heterocycles. The molecule has 4 aliphatic carbocycles. The van der Waals surface area contributed by atoms with E-state index in [9.17, 15) is 4.79 Å². The summed E-state index contributed by atoms with van der Waals surface area (Å²) in [6, 6.07) is 2.20. The number of hydrogen-bond donors (Lipinski definition) is 1. The third-order valence-corrected chi connectivity index (χ3v) is 9.23. The Morgan fingerprint density at radius 2 is 1.89 bits per heavy atom. The normalized spacial score (nSPS) is 32.0. The van der Waals surface area contributed by atoms with Gasteiger partial charge in [0.2, 0.25) is 5.91 Å². The van der Waals surface area contributed by atoms with Crippen molar-refractivity contribution in [3.05, 3.63) is 16.8 Å². The van der Waals surface area contributed by atoms with E-state index in [0.717, 1.165) is 45.2 Å². The molecule has 1 atom stereocenters. The minimum Gasteiger partial charge on any atom is -0.350 e. The Balaban J connectivity index is 1.33. The van der Waals surface area contributed by atoms with Gasteiger partial charge < -0.3 is 5.32 Å². The molecule has 0 saturated heterocycles. The fraction of sp³-hybridized carbons (Fsp3) is 0.682. The first-order valence-corrected chi connectivity index (χ1v) is 12.4. The minimum atomic E-state index is -0.143. The lowest BCUT2D eigenvalue weighted by Gasteiger charge is -2.57. The number of hydrogen-bond acceptors (Lipinski definition) is 5. The van der Waals surface area contributed by atoms with Crippen molar-refractivity contribution < 1.29 is 4.79 Å². The van der Waals surface area contributed by atoms with Gasteiger partial charge in [0.15, 0.2) is 0 Å². The lowest BCUT2D eigenvalue weighted by Crippen LogP contribution is -2.60. The molecule has 1 N–H and O–H groups in total. The lowest BCUT2D eigenvalue weighted by atomic mass is 9.53. The van der Waals surface area contributed by atoms with Gasteiger partial charge in [-0.2, -0.15) is 0 Å². The predicted molar refractivity (Wildman–Crippen MR) is 116 cm³/mol. The largest absolute Gasteiger partial charge is 0.350 e. The van der Waals surface area contributed by atoms with Crippen LogP contribution in [-0.4, -0.2) is 26.7 Å². The molecule has 0 aliphatic heterocycles. The van der Waals surface area contributed by atoms with Crippen LogP contribution < -0.4 is 5.32 Å². The van der Waals surface area contributed by atoms with Crippen LogP contribution in [0.2, 0.25) is 0 Å². The number of rotatable bonds is 5.